The van der Waals surface area contributed by atoms with E-state index < -0.39 is 11.9 Å². The van der Waals surface area contributed by atoms with Gasteiger partial charge < -0.3 is 0 Å². The van der Waals surface area contributed by atoms with Crippen molar-refractivity contribution in [3.05, 3.63) is 22.4 Å². The Labute approximate surface area is 123 Å². The first-order chi connectivity index (χ1) is 9.56. The summed E-state index contributed by atoms with van der Waals surface area (Å²) in [7, 11) is 0. The third-order valence-corrected chi connectivity index (χ3v) is 3.97. The van der Waals surface area contributed by atoms with Crippen LogP contribution >= 0.6 is 15.9 Å². The van der Waals surface area contributed by atoms with E-state index in [0.717, 1.165) is 10.2 Å². The van der Waals surface area contributed by atoms with Crippen molar-refractivity contribution in [1.82, 2.24) is 10.3 Å². The average molecular weight is 338 g/mol. The molecule has 0 radical (unpaired) electrons. The van der Waals surface area contributed by atoms with Crippen LogP contribution in [0.1, 0.15) is 25.0 Å². The fourth-order valence-corrected chi connectivity index (χ4v) is 2.93. The van der Waals surface area contributed by atoms with E-state index >= 15 is 0 Å². The van der Waals surface area contributed by atoms with Gasteiger partial charge in [-0.25, -0.2) is 0 Å². The number of nitrogens with zero attached hydrogens (tertiary/aromatic N) is 2. The molecule has 0 saturated carbocycles. The van der Waals surface area contributed by atoms with Gasteiger partial charge in [-0.15, -0.1) is 0 Å². The maximum absolute atomic E-state index is 12.2. The topological polar surface area (TPSA) is 79.4 Å². The predicted octanol–water partition coefficient (Wildman–Crippen LogP) is 0.928. The minimum atomic E-state index is -0.629. The van der Waals surface area contributed by atoms with Gasteiger partial charge in [0.1, 0.15) is 6.04 Å². The summed E-state index contributed by atoms with van der Waals surface area (Å²) < 4.78 is 0.753. The average Bonchev–Trinajstić information content (AvgIpc) is 2.40. The zero-order valence-electron chi connectivity index (χ0n) is 10.6. The molecule has 0 spiro atoms. The number of amides is 3. The molecule has 3 rings (SSSR count). The second-order valence-corrected chi connectivity index (χ2v) is 5.77. The van der Waals surface area contributed by atoms with E-state index in [0.29, 0.717) is 24.9 Å². The number of nitrogens with one attached hydrogen (secondary N) is 1. The molecule has 1 atom stereocenters. The molecule has 7 heteroatoms. The van der Waals surface area contributed by atoms with Gasteiger partial charge in [0, 0.05) is 29.9 Å². The molecule has 1 aromatic heterocycles. The normalized spacial score (nSPS) is 22.6. The number of fused-ring (bicyclic) bond motifs is 1. The van der Waals surface area contributed by atoms with Gasteiger partial charge in [-0.2, -0.15) is 0 Å². The van der Waals surface area contributed by atoms with Crippen molar-refractivity contribution < 1.29 is 14.4 Å². The first-order valence-electron chi connectivity index (χ1n) is 6.36. The number of aryl methyl sites for hydroxylation is 1. The number of carbonyl (C=O) groups is 3. The lowest BCUT2D eigenvalue weighted by molar-refractivity contribution is -0.135. The Bertz CT molecular complexity index is 617. The Morgan fingerprint density at radius 2 is 2.05 bits per heavy atom. The third-order valence-electron chi connectivity index (χ3n) is 3.54. The van der Waals surface area contributed by atoms with Crippen LogP contribution in [-0.4, -0.2) is 28.7 Å². The highest BCUT2D eigenvalue weighted by atomic mass is 79.9. The lowest BCUT2D eigenvalue weighted by atomic mass is 9.99. The van der Waals surface area contributed by atoms with Crippen molar-refractivity contribution in [2.75, 3.05) is 4.90 Å². The van der Waals surface area contributed by atoms with E-state index in [1.54, 1.807) is 12.3 Å². The first kappa shape index (κ1) is 13.2. The molecular weight excluding hydrogens is 326 g/mol. The second kappa shape index (κ2) is 4.97. The second-order valence-electron chi connectivity index (χ2n) is 4.85. The maximum atomic E-state index is 12.2. The Kier molecular flexibility index (Phi) is 3.29. The molecule has 2 aliphatic heterocycles. The quantitative estimate of drug-likeness (QED) is 0.773. The van der Waals surface area contributed by atoms with Crippen molar-refractivity contribution in [3.63, 3.8) is 0 Å². The van der Waals surface area contributed by atoms with E-state index in [-0.39, 0.29) is 18.2 Å². The summed E-state index contributed by atoms with van der Waals surface area (Å²) in [5.74, 6) is -0.808. The molecule has 1 N–H and O–H groups in total. The molecule has 0 aromatic carbocycles. The molecule has 0 bridgehead atoms. The van der Waals surface area contributed by atoms with Crippen LogP contribution in [-0.2, 0) is 20.8 Å². The Morgan fingerprint density at radius 1 is 1.25 bits per heavy atom. The lowest BCUT2D eigenvalue weighted by Gasteiger charge is -2.36. The largest absolute Gasteiger partial charge is 0.298 e. The molecular formula is C13H12BrN3O3. The number of carbonyl (C=O) groups excluding carboxylic acids is 3. The van der Waals surface area contributed by atoms with Crippen LogP contribution in [0.5, 0.6) is 0 Å². The third kappa shape index (κ3) is 2.22. The zero-order chi connectivity index (χ0) is 14.3. The van der Waals surface area contributed by atoms with E-state index in [1.165, 1.54) is 4.90 Å². The number of rotatable bonds is 1. The minimum Gasteiger partial charge on any atom is -0.298 e. The summed E-state index contributed by atoms with van der Waals surface area (Å²) in [5.41, 5.74) is 1.46. The van der Waals surface area contributed by atoms with Gasteiger partial charge >= 0.3 is 0 Å². The van der Waals surface area contributed by atoms with Gasteiger partial charge in [0.05, 0.1) is 11.4 Å². The monoisotopic (exact) mass is 337 g/mol. The lowest BCUT2D eigenvalue weighted by Crippen LogP contribution is -2.55. The van der Waals surface area contributed by atoms with Crippen LogP contribution in [0.3, 0.4) is 0 Å². The Hall–Kier alpha value is -1.76. The number of pyridine rings is 1. The highest BCUT2D eigenvalue weighted by Crippen LogP contribution is 2.32. The van der Waals surface area contributed by atoms with Crippen molar-refractivity contribution >= 4 is 39.3 Å². The molecule has 3 heterocycles. The van der Waals surface area contributed by atoms with Gasteiger partial charge in [0.2, 0.25) is 17.7 Å². The molecule has 1 fully saturated rings. The highest BCUT2D eigenvalue weighted by molar-refractivity contribution is 9.10. The van der Waals surface area contributed by atoms with Crippen molar-refractivity contribution in [1.29, 1.82) is 0 Å². The molecule has 1 saturated heterocycles. The smallest absolute Gasteiger partial charge is 0.249 e. The van der Waals surface area contributed by atoms with Gasteiger partial charge in [-0.3, -0.25) is 29.6 Å². The van der Waals surface area contributed by atoms with E-state index in [9.17, 15) is 14.4 Å². The van der Waals surface area contributed by atoms with Crippen molar-refractivity contribution in [2.45, 2.75) is 31.7 Å². The number of aromatic nitrogens is 1. The Morgan fingerprint density at radius 3 is 2.80 bits per heavy atom. The van der Waals surface area contributed by atoms with Crippen LogP contribution in [0.2, 0.25) is 0 Å². The summed E-state index contributed by atoms with van der Waals surface area (Å²) in [6, 6.07) is 1.17. The summed E-state index contributed by atoms with van der Waals surface area (Å²) in [6.07, 6.45) is 3.18. The Balaban J connectivity index is 2.00. The first-order valence-corrected chi connectivity index (χ1v) is 7.16. The van der Waals surface area contributed by atoms with E-state index in [1.807, 2.05) is 0 Å². The van der Waals surface area contributed by atoms with Crippen LogP contribution in [0.4, 0.5) is 5.69 Å². The molecule has 1 unspecified atom stereocenters. The maximum Gasteiger partial charge on any atom is 0.249 e. The van der Waals surface area contributed by atoms with Gasteiger partial charge in [-0.05, 0) is 28.4 Å². The molecule has 2 aliphatic rings. The van der Waals surface area contributed by atoms with Gasteiger partial charge in [0.25, 0.3) is 0 Å². The number of anilines is 1. The summed E-state index contributed by atoms with van der Waals surface area (Å²) in [5, 5.41) is 2.29. The molecule has 1 aromatic rings. The van der Waals surface area contributed by atoms with Crippen LogP contribution in [0.15, 0.2) is 16.7 Å². The summed E-state index contributed by atoms with van der Waals surface area (Å²) in [4.78, 5) is 41.2. The number of imide groups is 1. The summed E-state index contributed by atoms with van der Waals surface area (Å²) in [6.45, 7) is 0. The predicted molar refractivity (Wildman–Crippen MR) is 73.9 cm³/mol. The number of piperidine rings is 1. The zero-order valence-corrected chi connectivity index (χ0v) is 12.1. The number of hydrogen-bond donors (Lipinski definition) is 1. The molecule has 3 amide bonds. The molecule has 104 valence electrons. The van der Waals surface area contributed by atoms with E-state index in [2.05, 4.69) is 26.2 Å². The SMILES string of the molecule is O=C1CCC(N2C(=O)CCc3ncc(Br)cc32)C(=O)N1. The summed E-state index contributed by atoms with van der Waals surface area (Å²) >= 11 is 3.33. The molecule has 0 aliphatic carbocycles. The molecule has 6 nitrogen and oxygen atoms in total. The fraction of sp³-hybridized carbons (Fsp3) is 0.385. The highest BCUT2D eigenvalue weighted by Gasteiger charge is 2.38. The van der Waals surface area contributed by atoms with Gasteiger partial charge in [-0.1, -0.05) is 0 Å². The van der Waals surface area contributed by atoms with Crippen LogP contribution < -0.4 is 10.2 Å². The van der Waals surface area contributed by atoms with Crippen molar-refractivity contribution in [3.8, 4) is 0 Å². The number of halogens is 1. The number of hydrogen-bond acceptors (Lipinski definition) is 4. The van der Waals surface area contributed by atoms with Gasteiger partial charge in [0.15, 0.2) is 0 Å². The standard InChI is InChI=1S/C13H12BrN3O3/c14-7-5-10-8(15-6-7)1-4-12(19)17(10)9-2-3-11(18)16-13(9)20/h5-6,9H,1-4H2,(H,16,18,20). The van der Waals surface area contributed by atoms with E-state index in [4.69, 9.17) is 0 Å². The van der Waals surface area contributed by atoms with Crippen LogP contribution in [0.25, 0.3) is 0 Å². The molecule has 20 heavy (non-hydrogen) atoms. The minimum absolute atomic E-state index is 0.105. The van der Waals surface area contributed by atoms with Crippen LogP contribution in [0, 0.1) is 0 Å². The fourth-order valence-electron chi connectivity index (χ4n) is 2.61. The van der Waals surface area contributed by atoms with Crippen molar-refractivity contribution in [2.24, 2.45) is 0 Å².